The molecule has 0 saturated heterocycles. The van der Waals surface area contributed by atoms with Crippen LogP contribution >= 0.6 is 0 Å². The summed E-state index contributed by atoms with van der Waals surface area (Å²) in [7, 11) is 1.10. The zero-order valence-electron chi connectivity index (χ0n) is 11.5. The van der Waals surface area contributed by atoms with E-state index in [0.717, 1.165) is 26.3 Å². The third kappa shape index (κ3) is 5.38. The van der Waals surface area contributed by atoms with Crippen LogP contribution in [0.25, 0.3) is 0 Å². The highest BCUT2D eigenvalue weighted by Crippen LogP contribution is 2.42. The van der Waals surface area contributed by atoms with Gasteiger partial charge in [-0.25, -0.2) is 0 Å². The summed E-state index contributed by atoms with van der Waals surface area (Å²) in [6, 6.07) is 0. The van der Waals surface area contributed by atoms with Gasteiger partial charge in [0.05, 0.1) is 6.42 Å². The van der Waals surface area contributed by atoms with Crippen LogP contribution in [0.2, 0.25) is 0 Å². The largest absolute Gasteiger partial charge is 0.481 e. The highest BCUT2D eigenvalue weighted by molar-refractivity contribution is 5.78. The molecule has 116 valence electrons. The summed E-state index contributed by atoms with van der Waals surface area (Å²) >= 11 is 0. The molecule has 1 aliphatic rings. The molecule has 0 atom stereocenters. The van der Waals surface area contributed by atoms with Crippen LogP contribution < -0.4 is 0 Å². The van der Waals surface area contributed by atoms with Crippen molar-refractivity contribution in [2.45, 2.75) is 51.1 Å². The second-order valence-electron chi connectivity index (χ2n) is 5.67. The molecule has 0 radical (unpaired) electrons. The van der Waals surface area contributed by atoms with Crippen molar-refractivity contribution in [1.82, 2.24) is 4.90 Å². The van der Waals surface area contributed by atoms with Crippen LogP contribution in [0.3, 0.4) is 0 Å². The molecule has 20 heavy (non-hydrogen) atoms. The Bertz CT molecular complexity index is 362. The van der Waals surface area contributed by atoms with Gasteiger partial charge >= 0.3 is 12.1 Å². The van der Waals surface area contributed by atoms with E-state index in [1.54, 1.807) is 0 Å². The van der Waals surface area contributed by atoms with Crippen LogP contribution in [0.4, 0.5) is 13.2 Å². The van der Waals surface area contributed by atoms with Gasteiger partial charge in [-0.1, -0.05) is 19.3 Å². The fraction of sp³-hybridized carbons (Fsp3) is 0.846. The smallest absolute Gasteiger partial charge is 0.406 e. The third-order valence-electron chi connectivity index (χ3n) is 3.81. The van der Waals surface area contributed by atoms with Crippen molar-refractivity contribution < 1.29 is 27.9 Å². The number of carboxylic acids is 1. The first-order valence-corrected chi connectivity index (χ1v) is 6.66. The van der Waals surface area contributed by atoms with E-state index in [1.165, 1.54) is 0 Å². The van der Waals surface area contributed by atoms with Gasteiger partial charge in [0.25, 0.3) is 0 Å². The van der Waals surface area contributed by atoms with Crippen molar-refractivity contribution in [3.8, 4) is 0 Å². The molecule has 0 unspecified atom stereocenters. The van der Waals surface area contributed by atoms with Gasteiger partial charge in [0, 0.05) is 13.5 Å². The summed E-state index contributed by atoms with van der Waals surface area (Å²) in [5.41, 5.74) is -0.680. The molecule has 1 amide bonds. The highest BCUT2D eigenvalue weighted by atomic mass is 19.4. The van der Waals surface area contributed by atoms with Crippen molar-refractivity contribution >= 4 is 11.9 Å². The normalized spacial score (nSPS) is 18.6. The van der Waals surface area contributed by atoms with Crippen LogP contribution in [0.1, 0.15) is 44.9 Å². The molecular weight excluding hydrogens is 275 g/mol. The quantitative estimate of drug-likeness (QED) is 0.848. The first-order chi connectivity index (χ1) is 9.14. The second-order valence-corrected chi connectivity index (χ2v) is 5.67. The summed E-state index contributed by atoms with van der Waals surface area (Å²) in [6.07, 6.45) is -0.905. The first-order valence-electron chi connectivity index (χ1n) is 6.66. The summed E-state index contributed by atoms with van der Waals surface area (Å²) in [6.45, 7) is -1.30. The number of carbonyl (C=O) groups excluding carboxylic acids is 1. The molecular formula is C13H20F3NO3. The Kier molecular flexibility index (Phi) is 5.42. The minimum atomic E-state index is -4.43. The van der Waals surface area contributed by atoms with Gasteiger partial charge in [0.15, 0.2) is 0 Å². The number of amides is 1. The van der Waals surface area contributed by atoms with E-state index in [2.05, 4.69) is 0 Å². The molecule has 0 aromatic carbocycles. The second kappa shape index (κ2) is 6.45. The summed E-state index contributed by atoms with van der Waals surface area (Å²) in [5.74, 6) is -1.64. The van der Waals surface area contributed by atoms with Gasteiger partial charge in [-0.15, -0.1) is 0 Å². The maximum Gasteiger partial charge on any atom is 0.406 e. The lowest BCUT2D eigenvalue weighted by Gasteiger charge is -2.36. The molecule has 0 aliphatic heterocycles. The van der Waals surface area contributed by atoms with Crippen LogP contribution in [0, 0.1) is 5.41 Å². The Morgan fingerprint density at radius 3 is 2.15 bits per heavy atom. The van der Waals surface area contributed by atoms with E-state index in [1.807, 2.05) is 0 Å². The SMILES string of the molecule is CN(CC(F)(F)F)C(=O)CC1(CC(=O)O)CCCCC1. The average molecular weight is 295 g/mol. The lowest BCUT2D eigenvalue weighted by Crippen LogP contribution is -2.40. The Morgan fingerprint density at radius 1 is 1.15 bits per heavy atom. The zero-order chi connectivity index (χ0) is 15.4. The minimum Gasteiger partial charge on any atom is -0.481 e. The Hall–Kier alpha value is -1.27. The average Bonchev–Trinajstić information content (AvgIpc) is 2.26. The number of alkyl halides is 3. The summed E-state index contributed by atoms with van der Waals surface area (Å²) in [4.78, 5) is 23.5. The maximum absolute atomic E-state index is 12.3. The number of rotatable bonds is 5. The Morgan fingerprint density at radius 2 is 1.70 bits per heavy atom. The van der Waals surface area contributed by atoms with Crippen LogP contribution in [-0.4, -0.2) is 41.7 Å². The molecule has 0 bridgehead atoms. The molecule has 0 spiro atoms. The number of carboxylic acid groups (broad SMARTS) is 1. The fourth-order valence-corrected chi connectivity index (χ4v) is 2.85. The lowest BCUT2D eigenvalue weighted by atomic mass is 9.69. The van der Waals surface area contributed by atoms with Gasteiger partial charge in [0.1, 0.15) is 6.54 Å². The molecule has 7 heteroatoms. The molecule has 4 nitrogen and oxygen atoms in total. The standard InChI is InChI=1S/C13H20F3NO3/c1-17(9-13(14,15)16)10(18)7-12(8-11(19)20)5-3-2-4-6-12/h2-9H2,1H3,(H,19,20). The predicted octanol–water partition coefficient (Wildman–Crippen LogP) is 2.82. The van der Waals surface area contributed by atoms with E-state index in [-0.39, 0.29) is 12.8 Å². The van der Waals surface area contributed by atoms with Gasteiger partial charge in [-0.05, 0) is 18.3 Å². The van der Waals surface area contributed by atoms with Crippen molar-refractivity contribution in [3.63, 3.8) is 0 Å². The predicted molar refractivity (Wildman–Crippen MR) is 66.1 cm³/mol. The molecule has 0 aromatic rings. The number of carbonyl (C=O) groups is 2. The molecule has 1 N–H and O–H groups in total. The molecule has 0 aromatic heterocycles. The van der Waals surface area contributed by atoms with Gasteiger partial charge in [-0.3, -0.25) is 9.59 Å². The van der Waals surface area contributed by atoms with Crippen molar-refractivity contribution in [2.75, 3.05) is 13.6 Å². The van der Waals surface area contributed by atoms with Gasteiger partial charge in [0.2, 0.25) is 5.91 Å². The van der Waals surface area contributed by atoms with E-state index in [4.69, 9.17) is 5.11 Å². The van der Waals surface area contributed by atoms with Crippen molar-refractivity contribution in [3.05, 3.63) is 0 Å². The number of hydrogen-bond donors (Lipinski definition) is 1. The summed E-state index contributed by atoms with van der Waals surface area (Å²) in [5, 5.41) is 8.96. The van der Waals surface area contributed by atoms with Crippen LogP contribution in [0.5, 0.6) is 0 Å². The molecule has 1 rings (SSSR count). The Balaban J connectivity index is 2.69. The number of hydrogen-bond acceptors (Lipinski definition) is 2. The first kappa shape index (κ1) is 16.8. The van der Waals surface area contributed by atoms with E-state index in [9.17, 15) is 22.8 Å². The minimum absolute atomic E-state index is 0.119. The highest BCUT2D eigenvalue weighted by Gasteiger charge is 2.39. The zero-order valence-corrected chi connectivity index (χ0v) is 11.5. The van der Waals surface area contributed by atoms with E-state index < -0.39 is 30.0 Å². The third-order valence-corrected chi connectivity index (χ3v) is 3.81. The number of nitrogens with zero attached hydrogens (tertiary/aromatic N) is 1. The van der Waals surface area contributed by atoms with E-state index in [0.29, 0.717) is 17.7 Å². The molecule has 1 fully saturated rings. The fourth-order valence-electron chi connectivity index (χ4n) is 2.85. The number of halogens is 3. The monoisotopic (exact) mass is 295 g/mol. The van der Waals surface area contributed by atoms with Crippen molar-refractivity contribution in [2.24, 2.45) is 5.41 Å². The topological polar surface area (TPSA) is 57.6 Å². The van der Waals surface area contributed by atoms with Gasteiger partial charge in [-0.2, -0.15) is 13.2 Å². The number of aliphatic carboxylic acids is 1. The lowest BCUT2D eigenvalue weighted by molar-refractivity contribution is -0.161. The summed E-state index contributed by atoms with van der Waals surface area (Å²) < 4.78 is 36.8. The van der Waals surface area contributed by atoms with Crippen LogP contribution in [0.15, 0.2) is 0 Å². The Labute approximate surface area is 115 Å². The van der Waals surface area contributed by atoms with Gasteiger partial charge < -0.3 is 10.0 Å². The van der Waals surface area contributed by atoms with E-state index >= 15 is 0 Å². The van der Waals surface area contributed by atoms with Crippen LogP contribution in [-0.2, 0) is 9.59 Å². The van der Waals surface area contributed by atoms with Crippen molar-refractivity contribution in [1.29, 1.82) is 0 Å². The molecule has 0 heterocycles. The molecule has 1 saturated carbocycles. The maximum atomic E-state index is 12.3. The molecule has 1 aliphatic carbocycles.